The van der Waals surface area contributed by atoms with Crippen LogP contribution in [0.4, 0.5) is 0 Å². The van der Waals surface area contributed by atoms with E-state index in [0.29, 0.717) is 18.8 Å². The van der Waals surface area contributed by atoms with Crippen molar-refractivity contribution in [3.05, 3.63) is 60.2 Å². The molecule has 0 fully saturated rings. The summed E-state index contributed by atoms with van der Waals surface area (Å²) in [5, 5.41) is 0. The van der Waals surface area contributed by atoms with Crippen LogP contribution in [0.2, 0.25) is 0 Å². The van der Waals surface area contributed by atoms with Crippen LogP contribution in [0.1, 0.15) is 32.8 Å². The van der Waals surface area contributed by atoms with E-state index in [1.54, 1.807) is 20.8 Å². The van der Waals surface area contributed by atoms with Gasteiger partial charge in [0.05, 0.1) is 19.6 Å². The molecule has 0 spiro atoms. The van der Waals surface area contributed by atoms with Gasteiger partial charge in [-0.1, -0.05) is 43.5 Å². The van der Waals surface area contributed by atoms with Crippen LogP contribution in [0.3, 0.4) is 0 Å². The lowest BCUT2D eigenvalue weighted by Gasteiger charge is -2.04. The quantitative estimate of drug-likeness (QED) is 0.401. The molecule has 1 aromatic carbocycles. The van der Waals surface area contributed by atoms with Crippen molar-refractivity contribution < 1.29 is 28.6 Å². The molecule has 1 aromatic rings. The van der Waals surface area contributed by atoms with Crippen molar-refractivity contribution >= 4 is 17.9 Å². The lowest BCUT2D eigenvalue weighted by molar-refractivity contribution is -0.145. The lowest BCUT2D eigenvalue weighted by Crippen LogP contribution is -2.12. The molecule has 0 atom stereocenters. The third kappa shape index (κ3) is 10.8. The molecule has 0 aromatic heterocycles. The second-order valence-electron chi connectivity index (χ2n) is 5.15. The molecular weight excluding hydrogens is 336 g/mol. The highest BCUT2D eigenvalue weighted by molar-refractivity contribution is 5.93. The van der Waals surface area contributed by atoms with Gasteiger partial charge in [0.1, 0.15) is 6.61 Å². The van der Waals surface area contributed by atoms with E-state index in [9.17, 15) is 14.4 Å². The van der Waals surface area contributed by atoms with E-state index in [4.69, 9.17) is 4.74 Å². The van der Waals surface area contributed by atoms with E-state index in [-0.39, 0.29) is 24.6 Å². The largest absolute Gasteiger partial charge is 0.466 e. The number of benzene rings is 1. The standard InChI is InChI=1S/C11H12O2.C9H14O4/c1-9(2)11(12)13-8-10-6-4-3-5-7-10;1-4-12-8(10)6-7(3)9(11)13-5-2/h3-7H,1,8H2,2H3;3-6H2,1-2H3. The first-order valence-electron chi connectivity index (χ1n) is 8.18. The smallest absolute Gasteiger partial charge is 0.333 e. The maximum Gasteiger partial charge on any atom is 0.333 e. The first kappa shape index (κ1) is 23.1. The summed E-state index contributed by atoms with van der Waals surface area (Å²) in [7, 11) is 0. The van der Waals surface area contributed by atoms with Gasteiger partial charge in [0, 0.05) is 11.1 Å². The Kier molecular flexibility index (Phi) is 11.9. The second kappa shape index (κ2) is 13.4. The molecule has 0 bridgehead atoms. The Labute approximate surface area is 154 Å². The summed E-state index contributed by atoms with van der Waals surface area (Å²) in [6, 6.07) is 9.55. The average Bonchev–Trinajstić information content (AvgIpc) is 2.61. The van der Waals surface area contributed by atoms with Crippen LogP contribution in [0, 0.1) is 0 Å². The summed E-state index contributed by atoms with van der Waals surface area (Å²) < 4.78 is 14.2. The minimum absolute atomic E-state index is 0.104. The van der Waals surface area contributed by atoms with Gasteiger partial charge in [0.2, 0.25) is 0 Å². The van der Waals surface area contributed by atoms with E-state index in [2.05, 4.69) is 22.6 Å². The van der Waals surface area contributed by atoms with Gasteiger partial charge < -0.3 is 14.2 Å². The first-order chi connectivity index (χ1) is 12.3. The zero-order chi connectivity index (χ0) is 19.9. The topological polar surface area (TPSA) is 78.9 Å². The highest BCUT2D eigenvalue weighted by Crippen LogP contribution is 2.03. The zero-order valence-electron chi connectivity index (χ0n) is 15.6. The monoisotopic (exact) mass is 362 g/mol. The normalized spacial score (nSPS) is 9.19. The molecule has 0 radical (unpaired) electrons. The van der Waals surface area contributed by atoms with E-state index in [0.717, 1.165) is 5.56 Å². The van der Waals surface area contributed by atoms with Gasteiger partial charge >= 0.3 is 17.9 Å². The van der Waals surface area contributed by atoms with Crippen LogP contribution in [-0.2, 0) is 35.2 Å². The fraction of sp³-hybridized carbons (Fsp3) is 0.350. The molecule has 1 rings (SSSR count). The predicted octanol–water partition coefficient (Wildman–Crippen LogP) is 3.36. The maximum absolute atomic E-state index is 11.0. The summed E-state index contributed by atoms with van der Waals surface area (Å²) in [4.78, 5) is 32.8. The Bertz CT molecular complexity index is 618. The third-order valence-corrected chi connectivity index (χ3v) is 2.79. The van der Waals surface area contributed by atoms with Crippen LogP contribution in [-0.4, -0.2) is 31.1 Å². The summed E-state index contributed by atoms with van der Waals surface area (Å²) in [6.07, 6.45) is -0.104. The fourth-order valence-corrected chi connectivity index (χ4v) is 1.54. The van der Waals surface area contributed by atoms with Gasteiger partial charge in [0.25, 0.3) is 0 Å². The van der Waals surface area contributed by atoms with Crippen molar-refractivity contribution in [2.24, 2.45) is 0 Å². The molecule has 0 heterocycles. The number of ether oxygens (including phenoxy) is 3. The Morgan fingerprint density at radius 1 is 0.885 bits per heavy atom. The number of hydrogen-bond acceptors (Lipinski definition) is 6. The Morgan fingerprint density at radius 3 is 1.96 bits per heavy atom. The molecule has 26 heavy (non-hydrogen) atoms. The van der Waals surface area contributed by atoms with Crippen molar-refractivity contribution in [3.63, 3.8) is 0 Å². The number of rotatable bonds is 8. The lowest BCUT2D eigenvalue weighted by atomic mass is 10.2. The molecular formula is C20H26O6. The predicted molar refractivity (Wildman–Crippen MR) is 98.1 cm³/mol. The van der Waals surface area contributed by atoms with E-state index >= 15 is 0 Å². The molecule has 0 saturated carbocycles. The van der Waals surface area contributed by atoms with Crippen LogP contribution in [0.25, 0.3) is 0 Å². The van der Waals surface area contributed by atoms with E-state index < -0.39 is 11.9 Å². The molecule has 0 aliphatic rings. The summed E-state index contributed by atoms with van der Waals surface area (Å²) in [5.74, 6) is -1.35. The van der Waals surface area contributed by atoms with Crippen molar-refractivity contribution in [1.82, 2.24) is 0 Å². The van der Waals surface area contributed by atoms with E-state index in [1.807, 2.05) is 30.3 Å². The van der Waals surface area contributed by atoms with Gasteiger partial charge in [-0.05, 0) is 26.3 Å². The number of esters is 3. The molecule has 0 aliphatic carbocycles. The Hall–Kier alpha value is -2.89. The third-order valence-electron chi connectivity index (χ3n) is 2.79. The van der Waals surface area contributed by atoms with Crippen LogP contribution in [0.5, 0.6) is 0 Å². The van der Waals surface area contributed by atoms with Gasteiger partial charge in [-0.3, -0.25) is 4.79 Å². The van der Waals surface area contributed by atoms with Gasteiger partial charge in [-0.25, -0.2) is 9.59 Å². The van der Waals surface area contributed by atoms with Crippen molar-refractivity contribution in [2.75, 3.05) is 13.2 Å². The molecule has 0 aliphatic heterocycles. The van der Waals surface area contributed by atoms with Crippen LogP contribution in [0.15, 0.2) is 54.6 Å². The molecule has 6 heteroatoms. The number of carbonyl (C=O) groups is 3. The molecule has 0 saturated heterocycles. The van der Waals surface area contributed by atoms with Crippen LogP contribution >= 0.6 is 0 Å². The fourth-order valence-electron chi connectivity index (χ4n) is 1.54. The Morgan fingerprint density at radius 2 is 1.46 bits per heavy atom. The molecule has 0 N–H and O–H groups in total. The van der Waals surface area contributed by atoms with Gasteiger partial charge in [0.15, 0.2) is 0 Å². The van der Waals surface area contributed by atoms with Crippen molar-refractivity contribution in [2.45, 2.75) is 33.8 Å². The van der Waals surface area contributed by atoms with Crippen molar-refractivity contribution in [3.8, 4) is 0 Å². The molecule has 6 nitrogen and oxygen atoms in total. The maximum atomic E-state index is 11.0. The minimum atomic E-state index is -0.546. The molecule has 142 valence electrons. The van der Waals surface area contributed by atoms with Crippen molar-refractivity contribution in [1.29, 1.82) is 0 Å². The molecule has 0 unspecified atom stereocenters. The summed E-state index contributed by atoms with van der Waals surface area (Å²) >= 11 is 0. The van der Waals surface area contributed by atoms with Crippen LogP contribution < -0.4 is 0 Å². The van der Waals surface area contributed by atoms with E-state index in [1.165, 1.54) is 0 Å². The molecule has 0 amide bonds. The number of hydrogen-bond donors (Lipinski definition) is 0. The van der Waals surface area contributed by atoms with Gasteiger partial charge in [-0.15, -0.1) is 0 Å². The minimum Gasteiger partial charge on any atom is -0.466 e. The highest BCUT2D eigenvalue weighted by atomic mass is 16.5. The summed E-state index contributed by atoms with van der Waals surface area (Å²) in [6.45, 7) is 12.8. The Balaban J connectivity index is 0.000000481. The zero-order valence-corrected chi connectivity index (χ0v) is 15.6. The number of carbonyl (C=O) groups excluding carboxylic acids is 3. The average molecular weight is 362 g/mol. The van der Waals surface area contributed by atoms with Gasteiger partial charge in [-0.2, -0.15) is 0 Å². The highest BCUT2D eigenvalue weighted by Gasteiger charge is 2.12. The SMILES string of the molecule is C=C(C)C(=O)OCc1ccccc1.C=C(CC(=O)OCC)C(=O)OCC. The first-order valence-corrected chi connectivity index (χ1v) is 8.18. The summed E-state index contributed by atoms with van der Waals surface area (Å²) in [5.41, 5.74) is 1.54. The second-order valence-corrected chi connectivity index (χ2v) is 5.15.